The Bertz CT molecular complexity index is 486. The topological polar surface area (TPSA) is 46.6 Å². The number of imide groups is 1. The fraction of sp³-hybridized carbons (Fsp3) is 0.500. The molecule has 1 fully saturated rings. The van der Waals surface area contributed by atoms with Gasteiger partial charge in [0, 0.05) is 13.0 Å². The molecule has 0 aliphatic carbocycles. The van der Waals surface area contributed by atoms with Gasteiger partial charge in [0.15, 0.2) is 0 Å². The number of benzene rings is 1. The SMILES string of the molecule is CCC1(C)CCN(C(=O)OCc2ccccc2)C(=O)C1. The average Bonchev–Trinajstić information content (AvgIpc) is 2.46. The first-order chi connectivity index (χ1) is 9.54. The van der Waals surface area contributed by atoms with Gasteiger partial charge < -0.3 is 4.74 Å². The predicted molar refractivity (Wildman–Crippen MR) is 76.0 cm³/mol. The third kappa shape index (κ3) is 3.38. The van der Waals surface area contributed by atoms with E-state index >= 15 is 0 Å². The van der Waals surface area contributed by atoms with Gasteiger partial charge in [-0.1, -0.05) is 50.6 Å². The second-order valence-electron chi connectivity index (χ2n) is 5.68. The van der Waals surface area contributed by atoms with Crippen molar-refractivity contribution in [3.05, 3.63) is 35.9 Å². The van der Waals surface area contributed by atoms with Crippen LogP contribution in [0.5, 0.6) is 0 Å². The summed E-state index contributed by atoms with van der Waals surface area (Å²) in [6, 6.07) is 9.47. The third-order valence-corrected chi connectivity index (χ3v) is 4.10. The molecule has 0 aromatic heterocycles. The molecule has 2 amide bonds. The standard InChI is InChI=1S/C16H21NO3/c1-3-16(2)9-10-17(14(18)11-16)15(19)20-12-13-7-5-4-6-8-13/h4-8H,3,9-12H2,1-2H3. The van der Waals surface area contributed by atoms with Gasteiger partial charge in [0.25, 0.3) is 0 Å². The predicted octanol–water partition coefficient (Wildman–Crippen LogP) is 3.36. The number of hydrogen-bond donors (Lipinski definition) is 0. The Labute approximate surface area is 119 Å². The molecule has 108 valence electrons. The van der Waals surface area contributed by atoms with Crippen LogP contribution in [-0.4, -0.2) is 23.4 Å². The van der Waals surface area contributed by atoms with Crippen LogP contribution in [0.3, 0.4) is 0 Å². The summed E-state index contributed by atoms with van der Waals surface area (Å²) in [6.45, 7) is 4.83. The highest BCUT2D eigenvalue weighted by atomic mass is 16.6. The Hall–Kier alpha value is -1.84. The molecular weight excluding hydrogens is 254 g/mol. The molecule has 0 N–H and O–H groups in total. The van der Waals surface area contributed by atoms with E-state index in [1.165, 1.54) is 4.90 Å². The van der Waals surface area contributed by atoms with Crippen molar-refractivity contribution >= 4 is 12.0 Å². The molecule has 4 nitrogen and oxygen atoms in total. The van der Waals surface area contributed by atoms with E-state index in [0.717, 1.165) is 18.4 Å². The van der Waals surface area contributed by atoms with E-state index in [-0.39, 0.29) is 17.9 Å². The number of rotatable bonds is 3. The Morgan fingerprint density at radius 3 is 2.65 bits per heavy atom. The van der Waals surface area contributed by atoms with Crippen LogP contribution in [0.2, 0.25) is 0 Å². The van der Waals surface area contributed by atoms with Gasteiger partial charge >= 0.3 is 6.09 Å². The highest BCUT2D eigenvalue weighted by Gasteiger charge is 2.37. The number of nitrogens with zero attached hydrogens (tertiary/aromatic N) is 1. The second-order valence-corrected chi connectivity index (χ2v) is 5.68. The van der Waals surface area contributed by atoms with Crippen molar-refractivity contribution in [2.24, 2.45) is 5.41 Å². The molecule has 20 heavy (non-hydrogen) atoms. The van der Waals surface area contributed by atoms with Crippen molar-refractivity contribution in [3.8, 4) is 0 Å². The fourth-order valence-corrected chi connectivity index (χ4v) is 2.35. The summed E-state index contributed by atoms with van der Waals surface area (Å²) < 4.78 is 5.21. The second kappa shape index (κ2) is 6.07. The molecule has 4 heteroatoms. The monoisotopic (exact) mass is 275 g/mol. The molecule has 1 aromatic carbocycles. The first-order valence-electron chi connectivity index (χ1n) is 7.05. The van der Waals surface area contributed by atoms with Crippen LogP contribution >= 0.6 is 0 Å². The molecule has 1 aliphatic heterocycles. The molecule has 1 aromatic rings. The molecular formula is C16H21NO3. The molecule has 0 spiro atoms. The number of carbonyl (C=O) groups excluding carboxylic acids is 2. The average molecular weight is 275 g/mol. The van der Waals surface area contributed by atoms with Gasteiger partial charge in [-0.05, 0) is 17.4 Å². The highest BCUT2D eigenvalue weighted by Crippen LogP contribution is 2.34. The van der Waals surface area contributed by atoms with Crippen molar-refractivity contribution in [1.82, 2.24) is 4.90 Å². The van der Waals surface area contributed by atoms with Crippen molar-refractivity contribution < 1.29 is 14.3 Å². The van der Waals surface area contributed by atoms with Crippen molar-refractivity contribution in [1.29, 1.82) is 0 Å². The number of ether oxygens (including phenoxy) is 1. The van der Waals surface area contributed by atoms with Crippen LogP contribution in [0.4, 0.5) is 4.79 Å². The van der Waals surface area contributed by atoms with Gasteiger partial charge in [-0.25, -0.2) is 9.69 Å². The van der Waals surface area contributed by atoms with E-state index in [1.807, 2.05) is 30.3 Å². The minimum atomic E-state index is -0.531. The molecule has 1 saturated heterocycles. The van der Waals surface area contributed by atoms with Crippen LogP contribution in [0, 0.1) is 5.41 Å². The van der Waals surface area contributed by atoms with E-state index in [4.69, 9.17) is 4.74 Å². The number of carbonyl (C=O) groups is 2. The molecule has 0 radical (unpaired) electrons. The molecule has 1 atom stereocenters. The summed E-state index contributed by atoms with van der Waals surface area (Å²) in [7, 11) is 0. The third-order valence-electron chi connectivity index (χ3n) is 4.10. The lowest BCUT2D eigenvalue weighted by molar-refractivity contribution is -0.135. The van der Waals surface area contributed by atoms with E-state index in [0.29, 0.717) is 13.0 Å². The maximum Gasteiger partial charge on any atom is 0.416 e. The minimum absolute atomic E-state index is 0.0211. The lowest BCUT2D eigenvalue weighted by atomic mass is 9.78. The quantitative estimate of drug-likeness (QED) is 0.849. The van der Waals surface area contributed by atoms with Gasteiger partial charge in [-0.3, -0.25) is 4.79 Å². The van der Waals surface area contributed by atoms with Crippen LogP contribution in [0.25, 0.3) is 0 Å². The Morgan fingerprint density at radius 1 is 1.35 bits per heavy atom. The van der Waals surface area contributed by atoms with Gasteiger partial charge in [0.1, 0.15) is 6.61 Å². The van der Waals surface area contributed by atoms with Crippen molar-refractivity contribution in [3.63, 3.8) is 0 Å². The van der Waals surface area contributed by atoms with Crippen LogP contribution in [-0.2, 0) is 16.1 Å². The molecule has 1 aliphatic rings. The van der Waals surface area contributed by atoms with Gasteiger partial charge in [-0.15, -0.1) is 0 Å². The molecule has 0 saturated carbocycles. The molecule has 0 bridgehead atoms. The Kier molecular flexibility index (Phi) is 4.42. The summed E-state index contributed by atoms with van der Waals surface area (Å²) in [5, 5.41) is 0. The Balaban J connectivity index is 1.89. The van der Waals surface area contributed by atoms with Gasteiger partial charge in [-0.2, -0.15) is 0 Å². The van der Waals surface area contributed by atoms with E-state index in [9.17, 15) is 9.59 Å². The molecule has 1 unspecified atom stereocenters. The van der Waals surface area contributed by atoms with Crippen LogP contribution in [0.1, 0.15) is 38.7 Å². The summed E-state index contributed by atoms with van der Waals surface area (Å²) in [5.74, 6) is -0.126. The van der Waals surface area contributed by atoms with E-state index < -0.39 is 6.09 Å². The summed E-state index contributed by atoms with van der Waals surface area (Å²) in [5.41, 5.74) is 0.941. The lowest BCUT2D eigenvalue weighted by Gasteiger charge is -2.36. The van der Waals surface area contributed by atoms with E-state index in [2.05, 4.69) is 13.8 Å². The normalized spacial score (nSPS) is 22.7. The van der Waals surface area contributed by atoms with Crippen LogP contribution < -0.4 is 0 Å². The zero-order valence-corrected chi connectivity index (χ0v) is 12.1. The number of piperidine rings is 1. The smallest absolute Gasteiger partial charge is 0.416 e. The lowest BCUT2D eigenvalue weighted by Crippen LogP contribution is -2.46. The van der Waals surface area contributed by atoms with Crippen molar-refractivity contribution in [2.75, 3.05) is 6.54 Å². The number of amides is 2. The number of hydrogen-bond acceptors (Lipinski definition) is 3. The maximum absolute atomic E-state index is 12.0. The number of likely N-dealkylation sites (tertiary alicyclic amines) is 1. The molecule has 2 rings (SSSR count). The zero-order valence-electron chi connectivity index (χ0n) is 12.1. The maximum atomic E-state index is 12.0. The first kappa shape index (κ1) is 14.6. The fourth-order valence-electron chi connectivity index (χ4n) is 2.35. The van der Waals surface area contributed by atoms with E-state index in [1.54, 1.807) is 0 Å². The van der Waals surface area contributed by atoms with Gasteiger partial charge in [0.2, 0.25) is 5.91 Å². The summed E-state index contributed by atoms with van der Waals surface area (Å²) in [4.78, 5) is 25.2. The van der Waals surface area contributed by atoms with Crippen molar-refractivity contribution in [2.45, 2.75) is 39.7 Å². The Morgan fingerprint density at radius 2 is 2.05 bits per heavy atom. The summed E-state index contributed by atoms with van der Waals surface area (Å²) >= 11 is 0. The van der Waals surface area contributed by atoms with Crippen LogP contribution in [0.15, 0.2) is 30.3 Å². The summed E-state index contributed by atoms with van der Waals surface area (Å²) in [6.07, 6.45) is 1.68. The molecule has 1 heterocycles. The van der Waals surface area contributed by atoms with Gasteiger partial charge in [0.05, 0.1) is 0 Å². The largest absolute Gasteiger partial charge is 0.444 e. The first-order valence-corrected chi connectivity index (χ1v) is 7.05. The minimum Gasteiger partial charge on any atom is -0.444 e. The zero-order chi connectivity index (χ0) is 14.6. The highest BCUT2D eigenvalue weighted by molar-refractivity contribution is 5.92.